The molecule has 0 bridgehead atoms. The van der Waals surface area contributed by atoms with Gasteiger partial charge in [0, 0.05) is 5.92 Å². The number of hydrogen-bond acceptors (Lipinski definition) is 4. The van der Waals surface area contributed by atoms with Gasteiger partial charge in [0.05, 0.1) is 0 Å². The summed E-state index contributed by atoms with van der Waals surface area (Å²) < 4.78 is 5.22. The molecule has 0 radical (unpaired) electrons. The number of esters is 1. The lowest BCUT2D eigenvalue weighted by molar-refractivity contribution is -0.174. The van der Waals surface area contributed by atoms with E-state index in [-0.39, 0.29) is 11.8 Å². The molecule has 0 heterocycles. The van der Waals surface area contributed by atoms with Gasteiger partial charge in [-0.1, -0.05) is 26.2 Å². The summed E-state index contributed by atoms with van der Waals surface area (Å²) in [5.41, 5.74) is 3.30. The van der Waals surface area contributed by atoms with E-state index < -0.39 is 23.1 Å². The number of ether oxygens (including phenoxy) is 1. The van der Waals surface area contributed by atoms with Gasteiger partial charge in [0.1, 0.15) is 5.60 Å². The highest BCUT2D eigenvalue weighted by Crippen LogP contribution is 2.37. The van der Waals surface area contributed by atoms with E-state index in [1.54, 1.807) is 20.8 Å². The highest BCUT2D eigenvalue weighted by molar-refractivity contribution is 6.04. The third-order valence-corrected chi connectivity index (χ3v) is 3.79. The molecule has 3 N–H and O–H groups in total. The summed E-state index contributed by atoms with van der Waals surface area (Å²) in [5, 5.41) is 9.44. The fourth-order valence-electron chi connectivity index (χ4n) is 2.75. The summed E-state index contributed by atoms with van der Waals surface area (Å²) in [5.74, 6) is -2.37. The van der Waals surface area contributed by atoms with Crippen LogP contribution in [0.1, 0.15) is 53.4 Å². The quantitative estimate of drug-likeness (QED) is 0.604. The highest BCUT2D eigenvalue weighted by Gasteiger charge is 2.53. The standard InChI is InChI=1S/C14H25NO4/c1-9-7-5-6-8-10(9)14(15,11(16)17)12(18)19-13(2,3)4/h9-10H,5-8,15H2,1-4H3,(H,16,17). The fraction of sp³-hybridized carbons (Fsp3) is 0.857. The highest BCUT2D eigenvalue weighted by atomic mass is 16.6. The Morgan fingerprint density at radius 2 is 1.74 bits per heavy atom. The third kappa shape index (κ3) is 3.47. The number of aliphatic carboxylic acids is 1. The van der Waals surface area contributed by atoms with Gasteiger partial charge in [0.15, 0.2) is 0 Å². The van der Waals surface area contributed by atoms with E-state index in [9.17, 15) is 14.7 Å². The molecule has 0 aromatic carbocycles. The van der Waals surface area contributed by atoms with E-state index in [4.69, 9.17) is 10.5 Å². The van der Waals surface area contributed by atoms with Gasteiger partial charge in [-0.3, -0.25) is 0 Å². The van der Waals surface area contributed by atoms with E-state index in [2.05, 4.69) is 0 Å². The second-order valence-electron chi connectivity index (χ2n) is 6.54. The van der Waals surface area contributed by atoms with Crippen molar-refractivity contribution < 1.29 is 19.4 Å². The molecule has 110 valence electrons. The molecule has 5 nitrogen and oxygen atoms in total. The number of nitrogens with two attached hydrogens (primary N) is 1. The maximum atomic E-state index is 12.2. The molecule has 3 unspecified atom stereocenters. The van der Waals surface area contributed by atoms with Crippen LogP contribution in [0.25, 0.3) is 0 Å². The van der Waals surface area contributed by atoms with Crippen LogP contribution in [0.4, 0.5) is 0 Å². The van der Waals surface area contributed by atoms with Gasteiger partial charge in [0.2, 0.25) is 5.54 Å². The largest absolute Gasteiger partial charge is 0.479 e. The van der Waals surface area contributed by atoms with Crippen LogP contribution in [0.15, 0.2) is 0 Å². The fourth-order valence-corrected chi connectivity index (χ4v) is 2.75. The minimum atomic E-state index is -1.94. The molecule has 3 atom stereocenters. The normalized spacial score (nSPS) is 27.4. The van der Waals surface area contributed by atoms with Crippen molar-refractivity contribution in [2.24, 2.45) is 17.6 Å². The summed E-state index contributed by atoms with van der Waals surface area (Å²) in [4.78, 5) is 23.8. The van der Waals surface area contributed by atoms with Crippen molar-refractivity contribution in [2.45, 2.75) is 64.5 Å². The van der Waals surface area contributed by atoms with Crippen LogP contribution in [-0.4, -0.2) is 28.2 Å². The van der Waals surface area contributed by atoms with Crippen molar-refractivity contribution in [1.82, 2.24) is 0 Å². The Morgan fingerprint density at radius 1 is 1.21 bits per heavy atom. The zero-order valence-electron chi connectivity index (χ0n) is 12.2. The van der Waals surface area contributed by atoms with Crippen LogP contribution in [0.5, 0.6) is 0 Å². The summed E-state index contributed by atoms with van der Waals surface area (Å²) >= 11 is 0. The SMILES string of the molecule is CC1CCCCC1C(N)(C(=O)O)C(=O)OC(C)(C)C. The van der Waals surface area contributed by atoms with Crippen LogP contribution < -0.4 is 5.73 Å². The average Bonchev–Trinajstić information content (AvgIpc) is 2.26. The van der Waals surface area contributed by atoms with Gasteiger partial charge in [0.25, 0.3) is 0 Å². The Bertz CT molecular complexity index is 361. The van der Waals surface area contributed by atoms with Crippen LogP contribution >= 0.6 is 0 Å². The number of rotatable bonds is 3. The Balaban J connectivity index is 3.02. The number of carboxylic acids is 1. The predicted octanol–water partition coefficient (Wildman–Crippen LogP) is 1.94. The molecule has 5 heteroatoms. The van der Waals surface area contributed by atoms with Crippen molar-refractivity contribution in [3.63, 3.8) is 0 Å². The van der Waals surface area contributed by atoms with Crippen molar-refractivity contribution in [3.8, 4) is 0 Å². The molecule has 0 amide bonds. The topological polar surface area (TPSA) is 89.6 Å². The Hall–Kier alpha value is -1.10. The van der Waals surface area contributed by atoms with Gasteiger partial charge in [-0.15, -0.1) is 0 Å². The summed E-state index contributed by atoms with van der Waals surface area (Å²) in [6, 6.07) is 0. The van der Waals surface area contributed by atoms with Gasteiger partial charge in [-0.05, 0) is 33.1 Å². The van der Waals surface area contributed by atoms with Crippen LogP contribution in [0.2, 0.25) is 0 Å². The minimum Gasteiger partial charge on any atom is -0.479 e. The first-order valence-corrected chi connectivity index (χ1v) is 6.84. The lowest BCUT2D eigenvalue weighted by Crippen LogP contribution is -2.63. The van der Waals surface area contributed by atoms with Crippen molar-refractivity contribution >= 4 is 11.9 Å². The zero-order chi connectivity index (χ0) is 14.8. The van der Waals surface area contributed by atoms with Gasteiger partial charge in [-0.2, -0.15) is 0 Å². The number of carbonyl (C=O) groups excluding carboxylic acids is 1. The molecule has 0 spiro atoms. The molecule has 0 aromatic heterocycles. The van der Waals surface area contributed by atoms with Gasteiger partial charge in [-0.25, -0.2) is 9.59 Å². The van der Waals surface area contributed by atoms with Crippen molar-refractivity contribution in [1.29, 1.82) is 0 Å². The lowest BCUT2D eigenvalue weighted by Gasteiger charge is -2.39. The first-order chi connectivity index (χ1) is 8.59. The molecule has 1 saturated carbocycles. The van der Waals surface area contributed by atoms with Crippen LogP contribution in [0.3, 0.4) is 0 Å². The smallest absolute Gasteiger partial charge is 0.338 e. The second-order valence-corrected chi connectivity index (χ2v) is 6.54. The Kier molecular flexibility index (Phi) is 4.61. The van der Waals surface area contributed by atoms with Crippen molar-refractivity contribution in [2.75, 3.05) is 0 Å². The molecular formula is C14H25NO4. The van der Waals surface area contributed by atoms with Crippen LogP contribution in [-0.2, 0) is 14.3 Å². The van der Waals surface area contributed by atoms with Crippen molar-refractivity contribution in [3.05, 3.63) is 0 Å². The minimum absolute atomic E-state index is 0.113. The molecule has 0 aromatic rings. The maximum Gasteiger partial charge on any atom is 0.338 e. The summed E-state index contributed by atoms with van der Waals surface area (Å²) in [6.45, 7) is 7.07. The average molecular weight is 271 g/mol. The predicted molar refractivity (Wildman–Crippen MR) is 71.5 cm³/mol. The number of hydrogen-bond donors (Lipinski definition) is 2. The maximum absolute atomic E-state index is 12.2. The molecule has 19 heavy (non-hydrogen) atoms. The van der Waals surface area contributed by atoms with E-state index in [1.807, 2.05) is 6.92 Å². The van der Waals surface area contributed by atoms with Crippen LogP contribution in [0, 0.1) is 11.8 Å². The molecule has 0 saturated heterocycles. The number of carboxylic acid groups (broad SMARTS) is 1. The molecule has 1 aliphatic carbocycles. The second kappa shape index (κ2) is 5.49. The Labute approximate surface area is 114 Å². The van der Waals surface area contributed by atoms with Gasteiger partial charge >= 0.3 is 11.9 Å². The van der Waals surface area contributed by atoms with Gasteiger partial charge < -0.3 is 15.6 Å². The number of carbonyl (C=O) groups is 2. The molecule has 1 rings (SSSR count). The van der Waals surface area contributed by atoms with E-state index in [0.29, 0.717) is 6.42 Å². The molecule has 0 aliphatic heterocycles. The monoisotopic (exact) mass is 271 g/mol. The first-order valence-electron chi connectivity index (χ1n) is 6.84. The van der Waals surface area contributed by atoms with E-state index >= 15 is 0 Å². The lowest BCUT2D eigenvalue weighted by atomic mass is 9.69. The zero-order valence-corrected chi connectivity index (χ0v) is 12.2. The first kappa shape index (κ1) is 16.0. The molecular weight excluding hydrogens is 246 g/mol. The summed E-state index contributed by atoms with van der Waals surface area (Å²) in [7, 11) is 0. The molecule has 1 fully saturated rings. The van der Waals surface area contributed by atoms with E-state index in [1.165, 1.54) is 0 Å². The third-order valence-electron chi connectivity index (χ3n) is 3.79. The summed E-state index contributed by atoms with van der Waals surface area (Å²) in [6.07, 6.45) is 3.52. The van der Waals surface area contributed by atoms with E-state index in [0.717, 1.165) is 19.3 Å². The molecule has 1 aliphatic rings. The Morgan fingerprint density at radius 3 is 2.16 bits per heavy atom.